The zero-order chi connectivity index (χ0) is 16.4. The number of amides is 1. The van der Waals surface area contributed by atoms with E-state index >= 15 is 0 Å². The molecule has 0 aliphatic carbocycles. The molecule has 1 aromatic carbocycles. The summed E-state index contributed by atoms with van der Waals surface area (Å²) < 4.78 is 1.12. The lowest BCUT2D eigenvalue weighted by Gasteiger charge is -2.05. The molecule has 0 spiro atoms. The summed E-state index contributed by atoms with van der Waals surface area (Å²) in [6, 6.07) is 4.23. The van der Waals surface area contributed by atoms with E-state index in [1.165, 1.54) is 19.2 Å². The third kappa shape index (κ3) is 2.90. The van der Waals surface area contributed by atoms with Gasteiger partial charge in [-0.25, -0.2) is 0 Å². The van der Waals surface area contributed by atoms with Crippen LogP contribution in [-0.2, 0) is 7.05 Å². The van der Waals surface area contributed by atoms with Crippen molar-refractivity contribution in [3.05, 3.63) is 55.9 Å². The quantitative estimate of drug-likeness (QED) is 0.676. The van der Waals surface area contributed by atoms with Crippen LogP contribution in [0.15, 0.2) is 24.4 Å². The summed E-state index contributed by atoms with van der Waals surface area (Å²) in [4.78, 5) is 32.6. The lowest BCUT2D eigenvalue weighted by atomic mass is 10.2. The Hall–Kier alpha value is -3.30. The number of aryl methyl sites for hydroxylation is 2. The predicted octanol–water partition coefficient (Wildman–Crippen LogP) is 1.80. The standard InChI is InChI=1S/C12H11N5O5/c1-7-3-4-8(9(5-7)16(19)20)13-12(18)11-10(17(21)22)6-15(2)14-11/h3-6H,1-2H3,(H,13,18). The summed E-state index contributed by atoms with van der Waals surface area (Å²) in [5, 5.41) is 27.9. The molecule has 0 saturated carbocycles. The van der Waals surface area contributed by atoms with Crippen LogP contribution < -0.4 is 5.32 Å². The van der Waals surface area contributed by atoms with E-state index in [4.69, 9.17) is 0 Å². The molecule has 22 heavy (non-hydrogen) atoms. The number of nitro groups is 2. The van der Waals surface area contributed by atoms with Gasteiger partial charge in [0, 0.05) is 13.1 Å². The number of aromatic nitrogens is 2. The minimum atomic E-state index is -0.890. The Balaban J connectivity index is 2.38. The van der Waals surface area contributed by atoms with E-state index < -0.39 is 27.1 Å². The zero-order valence-electron chi connectivity index (χ0n) is 11.6. The molecule has 0 bridgehead atoms. The van der Waals surface area contributed by atoms with E-state index in [0.717, 1.165) is 10.9 Å². The van der Waals surface area contributed by atoms with Crippen molar-refractivity contribution in [3.8, 4) is 0 Å². The third-order valence-corrected chi connectivity index (χ3v) is 2.82. The highest BCUT2D eigenvalue weighted by Crippen LogP contribution is 2.26. The topological polar surface area (TPSA) is 133 Å². The Labute approximate surface area is 123 Å². The van der Waals surface area contributed by atoms with Gasteiger partial charge in [0.1, 0.15) is 11.9 Å². The number of nitrogens with one attached hydrogen (secondary N) is 1. The van der Waals surface area contributed by atoms with Crippen molar-refractivity contribution >= 4 is 23.0 Å². The summed E-state index contributed by atoms with van der Waals surface area (Å²) in [5.74, 6) is -0.890. The number of nitrogens with zero attached hydrogens (tertiary/aromatic N) is 4. The Morgan fingerprint density at radius 3 is 2.45 bits per heavy atom. The fourth-order valence-electron chi connectivity index (χ4n) is 1.85. The van der Waals surface area contributed by atoms with Crippen LogP contribution >= 0.6 is 0 Å². The first kappa shape index (κ1) is 15.1. The van der Waals surface area contributed by atoms with E-state index in [1.807, 2.05) is 0 Å². The maximum atomic E-state index is 12.1. The largest absolute Gasteiger partial charge is 0.320 e. The van der Waals surface area contributed by atoms with Gasteiger partial charge in [-0.2, -0.15) is 5.10 Å². The van der Waals surface area contributed by atoms with Crippen molar-refractivity contribution < 1.29 is 14.6 Å². The molecule has 1 amide bonds. The lowest BCUT2D eigenvalue weighted by molar-refractivity contribution is -0.385. The summed E-state index contributed by atoms with van der Waals surface area (Å²) in [7, 11) is 1.43. The second-order valence-electron chi connectivity index (χ2n) is 4.53. The molecule has 2 aromatic rings. The minimum absolute atomic E-state index is 0.0550. The van der Waals surface area contributed by atoms with Gasteiger partial charge in [0.15, 0.2) is 0 Å². The molecule has 1 heterocycles. The molecule has 1 N–H and O–H groups in total. The van der Waals surface area contributed by atoms with Crippen molar-refractivity contribution in [2.24, 2.45) is 7.05 Å². The summed E-state index contributed by atoms with van der Waals surface area (Å²) in [5.41, 5.74) is -0.599. The molecule has 10 nitrogen and oxygen atoms in total. The van der Waals surface area contributed by atoms with Gasteiger partial charge in [0.05, 0.1) is 9.85 Å². The zero-order valence-corrected chi connectivity index (χ0v) is 11.6. The molecule has 114 valence electrons. The number of benzene rings is 1. The van der Waals surface area contributed by atoms with Crippen LogP contribution in [0.5, 0.6) is 0 Å². The van der Waals surface area contributed by atoms with Crippen LogP contribution in [0.2, 0.25) is 0 Å². The van der Waals surface area contributed by atoms with E-state index in [9.17, 15) is 25.0 Å². The molecular weight excluding hydrogens is 294 g/mol. The van der Waals surface area contributed by atoms with Gasteiger partial charge in [0.25, 0.3) is 11.6 Å². The molecule has 0 saturated heterocycles. The number of carbonyl (C=O) groups excluding carboxylic acids is 1. The number of nitro benzene ring substituents is 1. The summed E-state index contributed by atoms with van der Waals surface area (Å²) in [6.45, 7) is 1.67. The Bertz CT molecular complexity index is 782. The summed E-state index contributed by atoms with van der Waals surface area (Å²) in [6.07, 6.45) is 1.08. The first-order valence-corrected chi connectivity index (χ1v) is 6.04. The van der Waals surface area contributed by atoms with E-state index in [1.54, 1.807) is 13.0 Å². The van der Waals surface area contributed by atoms with Crippen molar-refractivity contribution in [3.63, 3.8) is 0 Å². The van der Waals surface area contributed by atoms with Crippen LogP contribution in [0, 0.1) is 27.2 Å². The molecule has 0 atom stereocenters. The van der Waals surface area contributed by atoms with Crippen LogP contribution in [0.3, 0.4) is 0 Å². The van der Waals surface area contributed by atoms with Gasteiger partial charge in [-0.1, -0.05) is 6.07 Å². The highest BCUT2D eigenvalue weighted by molar-refractivity contribution is 6.06. The SMILES string of the molecule is Cc1ccc(NC(=O)c2nn(C)cc2[N+](=O)[O-])c([N+](=O)[O-])c1. The fourth-order valence-corrected chi connectivity index (χ4v) is 1.85. The third-order valence-electron chi connectivity index (χ3n) is 2.82. The number of hydrogen-bond acceptors (Lipinski definition) is 6. The predicted molar refractivity (Wildman–Crippen MR) is 75.6 cm³/mol. The highest BCUT2D eigenvalue weighted by Gasteiger charge is 2.26. The van der Waals surface area contributed by atoms with Crippen LogP contribution in [0.4, 0.5) is 17.1 Å². The Morgan fingerprint density at radius 2 is 1.86 bits per heavy atom. The Morgan fingerprint density at radius 1 is 1.23 bits per heavy atom. The average Bonchev–Trinajstić information content (AvgIpc) is 2.83. The van der Waals surface area contributed by atoms with Crippen LogP contribution in [0.1, 0.15) is 16.1 Å². The van der Waals surface area contributed by atoms with Gasteiger partial charge in [-0.15, -0.1) is 0 Å². The van der Waals surface area contributed by atoms with Gasteiger partial charge in [-0.3, -0.25) is 29.7 Å². The number of carbonyl (C=O) groups is 1. The first-order valence-electron chi connectivity index (χ1n) is 6.04. The maximum absolute atomic E-state index is 12.1. The molecule has 2 rings (SSSR count). The minimum Gasteiger partial charge on any atom is -0.315 e. The number of anilines is 1. The van der Waals surface area contributed by atoms with E-state index in [0.29, 0.717) is 5.56 Å². The van der Waals surface area contributed by atoms with Gasteiger partial charge in [0.2, 0.25) is 5.69 Å². The fraction of sp³-hybridized carbons (Fsp3) is 0.167. The van der Waals surface area contributed by atoms with Crippen molar-refractivity contribution in [1.29, 1.82) is 0 Å². The molecule has 0 aliphatic rings. The first-order chi connectivity index (χ1) is 10.3. The van der Waals surface area contributed by atoms with Crippen LogP contribution in [-0.4, -0.2) is 25.5 Å². The van der Waals surface area contributed by atoms with Gasteiger partial charge in [-0.05, 0) is 18.6 Å². The normalized spacial score (nSPS) is 10.3. The van der Waals surface area contributed by atoms with Gasteiger partial charge >= 0.3 is 5.69 Å². The summed E-state index contributed by atoms with van der Waals surface area (Å²) >= 11 is 0. The number of hydrogen-bond donors (Lipinski definition) is 1. The smallest absolute Gasteiger partial charge is 0.315 e. The lowest BCUT2D eigenvalue weighted by Crippen LogP contribution is -2.15. The monoisotopic (exact) mass is 305 g/mol. The molecule has 1 aromatic heterocycles. The maximum Gasteiger partial charge on any atom is 0.320 e. The van der Waals surface area contributed by atoms with Crippen LogP contribution in [0.25, 0.3) is 0 Å². The molecule has 0 fully saturated rings. The van der Waals surface area contributed by atoms with Crippen molar-refractivity contribution in [2.45, 2.75) is 6.92 Å². The highest BCUT2D eigenvalue weighted by atomic mass is 16.6. The second kappa shape index (κ2) is 5.60. The molecule has 10 heteroatoms. The van der Waals surface area contributed by atoms with E-state index in [-0.39, 0.29) is 11.4 Å². The molecule has 0 unspecified atom stereocenters. The number of rotatable bonds is 4. The average molecular weight is 305 g/mol. The molecular formula is C12H11N5O5. The van der Waals surface area contributed by atoms with Crippen molar-refractivity contribution in [2.75, 3.05) is 5.32 Å². The Kier molecular flexibility index (Phi) is 3.84. The van der Waals surface area contributed by atoms with Crippen molar-refractivity contribution in [1.82, 2.24) is 9.78 Å². The molecule has 0 radical (unpaired) electrons. The van der Waals surface area contributed by atoms with E-state index in [2.05, 4.69) is 10.4 Å². The van der Waals surface area contributed by atoms with Gasteiger partial charge < -0.3 is 5.32 Å². The molecule has 0 aliphatic heterocycles. The second-order valence-corrected chi connectivity index (χ2v) is 4.53.